The summed E-state index contributed by atoms with van der Waals surface area (Å²) < 4.78 is 0.989. The van der Waals surface area contributed by atoms with Gasteiger partial charge >= 0.3 is 12.1 Å². The van der Waals surface area contributed by atoms with Gasteiger partial charge in [-0.25, -0.2) is 19.6 Å². The van der Waals surface area contributed by atoms with Crippen LogP contribution >= 0.6 is 31.9 Å². The van der Waals surface area contributed by atoms with Crippen LogP contribution in [0.5, 0.6) is 5.75 Å². The van der Waals surface area contributed by atoms with Crippen molar-refractivity contribution in [3.63, 3.8) is 0 Å². The standard InChI is InChI=1S/C31H34Br2N8O4/c32-23-15-20(16-24(33)28(23)42)17-26(29(43)39-13-11-38(12-14-39)27-5-8-34-19-35-27)37-30(44)40-9-6-22(7-10-40)41-18-21-3-1-2-4-25(21)36-31(41)45/h1-5,8,15-16,19,22,26,42H,6-7,9-14,17-18H2,(H,36,45)(H,37,44)/t26-/m1/s1. The molecule has 0 saturated carbocycles. The fraction of sp³-hybridized carbons (Fsp3) is 0.387. The highest BCUT2D eigenvalue weighted by Crippen LogP contribution is 2.34. The van der Waals surface area contributed by atoms with Crippen molar-refractivity contribution >= 4 is 61.3 Å². The first kappa shape index (κ1) is 31.1. The third-order valence-corrected chi connectivity index (χ3v) is 9.86. The van der Waals surface area contributed by atoms with Crippen molar-refractivity contribution in [3.8, 4) is 5.75 Å². The second kappa shape index (κ2) is 13.6. The number of urea groups is 2. The van der Waals surface area contributed by atoms with Gasteiger partial charge in [0.05, 0.1) is 8.95 Å². The molecule has 1 aromatic heterocycles. The number of halogens is 2. The molecule has 1 atom stereocenters. The van der Waals surface area contributed by atoms with E-state index < -0.39 is 6.04 Å². The van der Waals surface area contributed by atoms with E-state index in [1.807, 2.05) is 35.2 Å². The number of para-hydroxylation sites is 1. The number of likely N-dealkylation sites (tertiary alicyclic amines) is 1. The number of rotatable bonds is 6. The minimum atomic E-state index is -0.812. The Hall–Kier alpha value is -3.91. The smallest absolute Gasteiger partial charge is 0.322 e. The summed E-state index contributed by atoms with van der Waals surface area (Å²) in [5, 5.41) is 16.2. The molecule has 45 heavy (non-hydrogen) atoms. The monoisotopic (exact) mass is 740 g/mol. The number of benzene rings is 2. The van der Waals surface area contributed by atoms with Gasteiger partial charge in [0.15, 0.2) is 0 Å². The van der Waals surface area contributed by atoms with E-state index in [0.29, 0.717) is 67.6 Å². The van der Waals surface area contributed by atoms with Crippen LogP contribution in [0.25, 0.3) is 0 Å². The van der Waals surface area contributed by atoms with Gasteiger partial charge in [0.1, 0.15) is 23.9 Å². The zero-order valence-electron chi connectivity index (χ0n) is 24.5. The van der Waals surface area contributed by atoms with E-state index >= 15 is 0 Å². The lowest BCUT2D eigenvalue weighted by atomic mass is 10.0. The Kier molecular flexibility index (Phi) is 9.40. The van der Waals surface area contributed by atoms with Gasteiger partial charge in [-0.15, -0.1) is 0 Å². The molecule has 5 amide bonds. The molecule has 12 nitrogen and oxygen atoms in total. The van der Waals surface area contributed by atoms with Crippen LogP contribution in [0.3, 0.4) is 0 Å². The van der Waals surface area contributed by atoms with Crippen molar-refractivity contribution in [1.82, 2.24) is 30.0 Å². The number of carbonyl (C=O) groups is 3. The minimum absolute atomic E-state index is 0.0118. The molecule has 2 aromatic carbocycles. The average Bonchev–Trinajstić information content (AvgIpc) is 3.06. The number of aromatic nitrogens is 2. The molecule has 6 rings (SSSR count). The van der Waals surface area contributed by atoms with E-state index in [0.717, 1.165) is 22.6 Å². The lowest BCUT2D eigenvalue weighted by Crippen LogP contribution is -2.58. The first-order chi connectivity index (χ1) is 21.8. The summed E-state index contributed by atoms with van der Waals surface area (Å²) in [6.07, 6.45) is 4.74. The molecule has 0 bridgehead atoms. The van der Waals surface area contributed by atoms with E-state index in [9.17, 15) is 19.5 Å². The van der Waals surface area contributed by atoms with Crippen molar-refractivity contribution < 1.29 is 19.5 Å². The molecule has 3 aliphatic rings. The topological polar surface area (TPSA) is 134 Å². The zero-order chi connectivity index (χ0) is 31.5. The normalized spacial score (nSPS) is 17.9. The van der Waals surface area contributed by atoms with Crippen LogP contribution in [0.1, 0.15) is 24.0 Å². The van der Waals surface area contributed by atoms with Crippen LogP contribution in [0.4, 0.5) is 21.1 Å². The number of nitrogens with zero attached hydrogens (tertiary/aromatic N) is 6. The van der Waals surface area contributed by atoms with Crippen LogP contribution < -0.4 is 15.5 Å². The van der Waals surface area contributed by atoms with Gasteiger partial charge in [-0.2, -0.15) is 0 Å². The Morgan fingerprint density at radius 1 is 1.00 bits per heavy atom. The van der Waals surface area contributed by atoms with E-state index in [1.165, 1.54) is 6.33 Å². The third kappa shape index (κ3) is 7.01. The average molecular weight is 742 g/mol. The summed E-state index contributed by atoms with van der Waals surface area (Å²) in [6.45, 7) is 3.68. The highest BCUT2D eigenvalue weighted by molar-refractivity contribution is 9.11. The fourth-order valence-electron chi connectivity index (χ4n) is 6.16. The maximum Gasteiger partial charge on any atom is 0.322 e. The van der Waals surface area contributed by atoms with Crippen molar-refractivity contribution in [2.75, 3.05) is 49.5 Å². The van der Waals surface area contributed by atoms with Gasteiger partial charge < -0.3 is 35.3 Å². The van der Waals surface area contributed by atoms with E-state index in [4.69, 9.17) is 0 Å². The number of fused-ring (bicyclic) bond motifs is 1. The molecule has 0 unspecified atom stereocenters. The van der Waals surface area contributed by atoms with Crippen LogP contribution in [0, 0.1) is 0 Å². The number of phenols is 1. The zero-order valence-corrected chi connectivity index (χ0v) is 27.7. The van der Waals surface area contributed by atoms with E-state index in [2.05, 4.69) is 57.4 Å². The molecule has 2 fully saturated rings. The van der Waals surface area contributed by atoms with Gasteiger partial charge in [0.2, 0.25) is 5.91 Å². The maximum atomic E-state index is 13.9. The highest BCUT2D eigenvalue weighted by Gasteiger charge is 2.35. The first-order valence-corrected chi connectivity index (χ1v) is 16.5. The third-order valence-electron chi connectivity index (χ3n) is 8.65. The van der Waals surface area contributed by atoms with Crippen molar-refractivity contribution in [2.45, 2.75) is 37.9 Å². The van der Waals surface area contributed by atoms with Crippen molar-refractivity contribution in [2.24, 2.45) is 0 Å². The van der Waals surface area contributed by atoms with E-state index in [-0.39, 0.29) is 36.2 Å². The lowest BCUT2D eigenvalue weighted by molar-refractivity contribution is -0.133. The van der Waals surface area contributed by atoms with Gasteiger partial charge in [-0.3, -0.25) is 4.79 Å². The number of piperidine rings is 1. The number of piperazine rings is 1. The lowest BCUT2D eigenvalue weighted by Gasteiger charge is -2.41. The summed E-state index contributed by atoms with van der Waals surface area (Å²) in [7, 11) is 0. The molecule has 236 valence electrons. The summed E-state index contributed by atoms with van der Waals surface area (Å²) in [5.41, 5.74) is 2.69. The van der Waals surface area contributed by atoms with Gasteiger partial charge in [0.25, 0.3) is 0 Å². The van der Waals surface area contributed by atoms with Crippen molar-refractivity contribution in [3.05, 3.63) is 75.1 Å². The van der Waals surface area contributed by atoms with E-state index in [1.54, 1.807) is 28.1 Å². The van der Waals surface area contributed by atoms with Crippen molar-refractivity contribution in [1.29, 1.82) is 0 Å². The quantitative estimate of drug-likeness (QED) is 0.345. The number of carbonyl (C=O) groups excluding carboxylic acids is 3. The number of aromatic hydroxyl groups is 1. The number of hydrogen-bond acceptors (Lipinski definition) is 7. The molecule has 3 aromatic rings. The van der Waals surface area contributed by atoms with Gasteiger partial charge in [-0.05, 0) is 80.1 Å². The number of amides is 5. The Morgan fingerprint density at radius 3 is 2.40 bits per heavy atom. The molecule has 2 saturated heterocycles. The van der Waals surface area contributed by atoms with Crippen LogP contribution in [-0.2, 0) is 17.8 Å². The maximum absolute atomic E-state index is 13.9. The molecular weight excluding hydrogens is 708 g/mol. The summed E-state index contributed by atoms with van der Waals surface area (Å²) in [5.74, 6) is 0.722. The molecule has 4 heterocycles. The highest BCUT2D eigenvalue weighted by atomic mass is 79.9. The fourth-order valence-corrected chi connectivity index (χ4v) is 7.44. The predicted octanol–water partition coefficient (Wildman–Crippen LogP) is 4.19. The SMILES string of the molecule is O=C(N[C@H](Cc1cc(Br)c(O)c(Br)c1)C(=O)N1CCN(c2ccncn2)CC1)N1CCC(N2Cc3ccccc3NC2=O)CC1. The predicted molar refractivity (Wildman–Crippen MR) is 176 cm³/mol. The Balaban J connectivity index is 1.11. The summed E-state index contributed by atoms with van der Waals surface area (Å²) in [4.78, 5) is 56.1. The van der Waals surface area contributed by atoms with Crippen LogP contribution in [-0.4, -0.2) is 99.1 Å². The largest absolute Gasteiger partial charge is 0.506 e. The van der Waals surface area contributed by atoms with Gasteiger partial charge in [0, 0.05) is 70.2 Å². The number of hydrogen-bond donors (Lipinski definition) is 3. The molecule has 3 aliphatic heterocycles. The number of phenolic OH excluding ortho intramolecular Hbond substituents is 1. The molecule has 3 N–H and O–H groups in total. The van der Waals surface area contributed by atoms with Gasteiger partial charge in [-0.1, -0.05) is 18.2 Å². The molecule has 14 heteroatoms. The molecule has 0 radical (unpaired) electrons. The van der Waals surface area contributed by atoms with Crippen LogP contribution in [0.15, 0.2) is 63.9 Å². The summed E-state index contributed by atoms with van der Waals surface area (Å²) in [6, 6.07) is 11.9. The Bertz CT molecular complexity index is 1540. The summed E-state index contributed by atoms with van der Waals surface area (Å²) >= 11 is 6.75. The second-order valence-corrected chi connectivity index (χ2v) is 13.1. The molecule has 0 aliphatic carbocycles. The Morgan fingerprint density at radius 2 is 1.71 bits per heavy atom. The second-order valence-electron chi connectivity index (χ2n) is 11.4. The number of anilines is 2. The van der Waals surface area contributed by atoms with Crippen LogP contribution in [0.2, 0.25) is 0 Å². The molecule has 0 spiro atoms. The minimum Gasteiger partial charge on any atom is -0.506 e. The molecular formula is C31H34Br2N8O4. The first-order valence-electron chi connectivity index (χ1n) is 14.9. The Labute approximate surface area is 278 Å². The number of nitrogens with one attached hydrogen (secondary N) is 2.